The van der Waals surface area contributed by atoms with E-state index in [1.807, 2.05) is 5.32 Å². The number of nitrogens with one attached hydrogen (secondary N) is 1. The molecule has 0 spiro atoms. The van der Waals surface area contributed by atoms with Crippen LogP contribution in [0.5, 0.6) is 0 Å². The van der Waals surface area contributed by atoms with Crippen LogP contribution in [-0.4, -0.2) is 18.9 Å². The predicted molar refractivity (Wildman–Crippen MR) is 61.3 cm³/mol. The van der Waals surface area contributed by atoms with E-state index >= 15 is 0 Å². The minimum Gasteiger partial charge on any atom is -0.449 e. The van der Waals surface area contributed by atoms with Gasteiger partial charge < -0.3 is 4.74 Å². The molecule has 20 heavy (non-hydrogen) atoms. The molecule has 1 radical (unpaired) electrons. The number of amides is 1. The molecule has 0 aromatic heterocycles. The zero-order valence-electron chi connectivity index (χ0n) is 10.1. The van der Waals surface area contributed by atoms with Gasteiger partial charge in [0.25, 0.3) is 0 Å². The van der Waals surface area contributed by atoms with E-state index in [9.17, 15) is 26.7 Å². The van der Waals surface area contributed by atoms with Gasteiger partial charge in [-0.25, -0.2) is 4.79 Å². The van der Waals surface area contributed by atoms with E-state index in [-0.39, 0.29) is 13.0 Å². The molecule has 111 valence electrons. The van der Waals surface area contributed by atoms with E-state index in [0.717, 1.165) is 12.1 Å². The average Bonchev–Trinajstić information content (AvgIpc) is 2.35. The van der Waals surface area contributed by atoms with Gasteiger partial charge in [-0.2, -0.15) is 22.0 Å². The highest BCUT2D eigenvalue weighted by Crippen LogP contribution is 2.46. The minimum absolute atomic E-state index is 0.0797. The zero-order chi connectivity index (χ0) is 15.4. The van der Waals surface area contributed by atoms with Crippen LogP contribution in [0.25, 0.3) is 0 Å². The monoisotopic (exact) mass is 296 g/mol. The van der Waals surface area contributed by atoms with Crippen LogP contribution in [0.4, 0.5) is 32.4 Å². The lowest BCUT2D eigenvalue weighted by atomic mass is 10.1. The van der Waals surface area contributed by atoms with Crippen molar-refractivity contribution in [3.05, 3.63) is 36.8 Å². The lowest BCUT2D eigenvalue weighted by molar-refractivity contribution is -0.289. The van der Waals surface area contributed by atoms with E-state index in [1.165, 1.54) is 6.07 Å². The van der Waals surface area contributed by atoms with Gasteiger partial charge in [0.2, 0.25) is 0 Å². The summed E-state index contributed by atoms with van der Waals surface area (Å²) in [6, 6.07) is 3.75. The molecule has 0 fully saturated rings. The molecule has 0 aliphatic rings. The zero-order valence-corrected chi connectivity index (χ0v) is 10.1. The van der Waals surface area contributed by atoms with Crippen molar-refractivity contribution in [2.24, 2.45) is 0 Å². The first kappa shape index (κ1) is 16.2. The van der Waals surface area contributed by atoms with Crippen molar-refractivity contribution in [3.63, 3.8) is 0 Å². The Labute approximate surface area is 111 Å². The summed E-state index contributed by atoms with van der Waals surface area (Å²) in [4.78, 5) is 11.2. The Morgan fingerprint density at radius 2 is 1.80 bits per heavy atom. The molecule has 8 heteroatoms. The van der Waals surface area contributed by atoms with E-state index in [1.54, 1.807) is 0 Å². The average molecular weight is 296 g/mol. The molecule has 0 bridgehead atoms. The summed E-state index contributed by atoms with van der Waals surface area (Å²) in [5, 5.41) is 1.85. The maximum Gasteiger partial charge on any atom is 0.458 e. The molecule has 1 amide bonds. The van der Waals surface area contributed by atoms with Crippen molar-refractivity contribution in [1.29, 1.82) is 0 Å². The molecule has 0 saturated carbocycles. The van der Waals surface area contributed by atoms with Crippen LogP contribution in [0.15, 0.2) is 24.3 Å². The number of hydrogen-bond donors (Lipinski definition) is 1. The highest BCUT2D eigenvalue weighted by molar-refractivity contribution is 5.85. The third-order valence-electron chi connectivity index (χ3n) is 2.24. The predicted octanol–water partition coefficient (Wildman–Crippen LogP) is 4.11. The summed E-state index contributed by atoms with van der Waals surface area (Å²) in [5.41, 5.74) is -2.01. The van der Waals surface area contributed by atoms with E-state index in [4.69, 9.17) is 0 Å². The Balaban J connectivity index is 3.03. The van der Waals surface area contributed by atoms with Gasteiger partial charge in [0.1, 0.15) is 0 Å². The van der Waals surface area contributed by atoms with Gasteiger partial charge in [-0.1, -0.05) is 18.2 Å². The number of rotatable bonds is 4. The van der Waals surface area contributed by atoms with Gasteiger partial charge in [0.15, 0.2) is 0 Å². The Morgan fingerprint density at radius 1 is 1.20 bits per heavy atom. The molecule has 1 N–H and O–H groups in total. The van der Waals surface area contributed by atoms with Crippen LogP contribution in [-0.2, 0) is 10.7 Å². The van der Waals surface area contributed by atoms with Crippen LogP contribution >= 0.6 is 0 Å². The van der Waals surface area contributed by atoms with E-state index in [0.29, 0.717) is 6.07 Å². The topological polar surface area (TPSA) is 38.3 Å². The second-order valence-corrected chi connectivity index (χ2v) is 3.73. The Kier molecular flexibility index (Phi) is 4.91. The molecule has 0 atom stereocenters. The van der Waals surface area contributed by atoms with Gasteiger partial charge in [-0.15, -0.1) is 0 Å². The standard InChI is InChI=1S/C12H11F5NO2/c1-2-7-20-10(19)18-9-6-4-3-5-8(9)11(13,14)12(15,16)17/h3-6H,1-2,7H2,(H,18,19). The number of hydrogen-bond acceptors (Lipinski definition) is 2. The quantitative estimate of drug-likeness (QED) is 0.849. The van der Waals surface area contributed by atoms with Crippen LogP contribution in [0, 0.1) is 6.92 Å². The van der Waals surface area contributed by atoms with Gasteiger partial charge in [-0.3, -0.25) is 5.32 Å². The number of halogens is 5. The third-order valence-corrected chi connectivity index (χ3v) is 2.24. The second-order valence-electron chi connectivity index (χ2n) is 3.73. The number of carbonyl (C=O) groups is 1. The van der Waals surface area contributed by atoms with Gasteiger partial charge in [0.05, 0.1) is 17.9 Å². The normalized spacial score (nSPS) is 12.1. The lowest BCUT2D eigenvalue weighted by Gasteiger charge is -2.22. The number of ether oxygens (including phenoxy) is 1. The van der Waals surface area contributed by atoms with Crippen molar-refractivity contribution >= 4 is 11.8 Å². The molecule has 1 rings (SSSR count). The van der Waals surface area contributed by atoms with Gasteiger partial charge in [-0.05, 0) is 19.4 Å². The van der Waals surface area contributed by atoms with Crippen molar-refractivity contribution in [2.75, 3.05) is 11.9 Å². The highest BCUT2D eigenvalue weighted by Gasteiger charge is 2.59. The molecule has 3 nitrogen and oxygen atoms in total. The number of anilines is 1. The first-order valence-electron chi connectivity index (χ1n) is 5.47. The molecule has 0 heterocycles. The Morgan fingerprint density at radius 3 is 2.35 bits per heavy atom. The maximum absolute atomic E-state index is 13.3. The van der Waals surface area contributed by atoms with Crippen molar-refractivity contribution in [2.45, 2.75) is 18.5 Å². The SMILES string of the molecule is [CH2]CCOC(=O)Nc1ccccc1C(F)(F)C(F)(F)F. The summed E-state index contributed by atoms with van der Waals surface area (Å²) >= 11 is 0. The van der Waals surface area contributed by atoms with Crippen molar-refractivity contribution in [3.8, 4) is 0 Å². The summed E-state index contributed by atoms with van der Waals surface area (Å²) in [5.74, 6) is -5.08. The fourth-order valence-electron chi connectivity index (χ4n) is 1.33. The number of para-hydroxylation sites is 1. The Hall–Kier alpha value is -1.86. The molecule has 0 unspecified atom stereocenters. The van der Waals surface area contributed by atoms with E-state index < -0.39 is 29.4 Å². The van der Waals surface area contributed by atoms with Crippen LogP contribution in [0.1, 0.15) is 12.0 Å². The molecule has 1 aromatic carbocycles. The van der Waals surface area contributed by atoms with Crippen molar-refractivity contribution in [1.82, 2.24) is 0 Å². The lowest BCUT2D eigenvalue weighted by Crippen LogP contribution is -2.34. The van der Waals surface area contributed by atoms with Crippen molar-refractivity contribution < 1.29 is 31.5 Å². The van der Waals surface area contributed by atoms with Crippen LogP contribution in [0.3, 0.4) is 0 Å². The molecule has 0 aliphatic carbocycles. The maximum atomic E-state index is 13.3. The van der Waals surface area contributed by atoms with Crippen LogP contribution in [0.2, 0.25) is 0 Å². The second kappa shape index (κ2) is 6.06. The minimum atomic E-state index is -5.76. The fraction of sp³-hybridized carbons (Fsp3) is 0.333. The molecule has 0 aliphatic heterocycles. The largest absolute Gasteiger partial charge is 0.458 e. The fourth-order valence-corrected chi connectivity index (χ4v) is 1.33. The summed E-state index contributed by atoms with van der Waals surface area (Å²) in [6.07, 6.45) is -6.64. The smallest absolute Gasteiger partial charge is 0.449 e. The third kappa shape index (κ3) is 3.58. The summed E-state index contributed by atoms with van der Waals surface area (Å²) in [6.45, 7) is 3.30. The van der Waals surface area contributed by atoms with Crippen LogP contribution < -0.4 is 5.32 Å². The number of benzene rings is 1. The number of carbonyl (C=O) groups excluding carboxylic acids is 1. The molecular formula is C12H11F5NO2. The first-order valence-corrected chi connectivity index (χ1v) is 5.47. The summed E-state index contributed by atoms with van der Waals surface area (Å²) in [7, 11) is 0. The summed E-state index contributed by atoms with van der Waals surface area (Å²) < 4.78 is 68.1. The van der Waals surface area contributed by atoms with E-state index in [2.05, 4.69) is 11.7 Å². The number of alkyl halides is 5. The molecular weight excluding hydrogens is 285 g/mol. The van der Waals surface area contributed by atoms with Gasteiger partial charge >= 0.3 is 18.2 Å². The van der Waals surface area contributed by atoms with Gasteiger partial charge in [0, 0.05) is 0 Å². The molecule has 0 saturated heterocycles. The highest BCUT2D eigenvalue weighted by atomic mass is 19.4. The first-order chi connectivity index (χ1) is 9.20. The molecule has 1 aromatic rings. The Bertz CT molecular complexity index is 473.